The summed E-state index contributed by atoms with van der Waals surface area (Å²) >= 11 is 3.43. The molecule has 3 aromatic rings. The van der Waals surface area contributed by atoms with Crippen LogP contribution in [0.25, 0.3) is 5.82 Å². The molecule has 1 aromatic carbocycles. The minimum Gasteiger partial charge on any atom is -0.345 e. The minimum atomic E-state index is -0.130. The van der Waals surface area contributed by atoms with Crippen molar-refractivity contribution in [3.05, 3.63) is 76.9 Å². The number of nitrogens with one attached hydrogen (secondary N) is 1. The lowest BCUT2D eigenvalue weighted by atomic mass is 10.0. The zero-order valence-electron chi connectivity index (χ0n) is 13.2. The molecule has 1 atom stereocenters. The molecule has 0 saturated heterocycles. The highest BCUT2D eigenvalue weighted by atomic mass is 79.9. The Balaban J connectivity index is 1.72. The van der Waals surface area contributed by atoms with Crippen LogP contribution in [0.15, 0.2) is 65.8 Å². The van der Waals surface area contributed by atoms with Crippen LogP contribution in [-0.2, 0) is 0 Å². The van der Waals surface area contributed by atoms with Crippen molar-refractivity contribution in [2.45, 2.75) is 19.4 Å². The Hall–Kier alpha value is -2.47. The molecule has 2 aromatic heterocycles. The van der Waals surface area contributed by atoms with E-state index in [0.29, 0.717) is 5.56 Å². The molecule has 0 saturated carbocycles. The molecule has 1 N–H and O–H groups in total. The molecule has 3 rings (SSSR count). The number of pyridine rings is 1. The standard InChI is InChI=1S/C18H17BrN4O/c1-2-16(13-3-6-15(19)7-4-13)22-18(24)14-5-8-17(21-11-14)23-10-9-20-12-23/h3-12,16H,2H2,1H3,(H,22,24). The van der Waals surface area contributed by atoms with Gasteiger partial charge in [-0.1, -0.05) is 35.0 Å². The van der Waals surface area contributed by atoms with Crippen LogP contribution in [0, 0.1) is 0 Å². The SMILES string of the molecule is CCC(NC(=O)c1ccc(-n2ccnc2)nc1)c1ccc(Br)cc1. The number of rotatable bonds is 5. The van der Waals surface area contributed by atoms with Gasteiger partial charge in [0.1, 0.15) is 12.1 Å². The first-order chi connectivity index (χ1) is 11.7. The van der Waals surface area contributed by atoms with E-state index in [4.69, 9.17) is 0 Å². The van der Waals surface area contributed by atoms with E-state index in [1.807, 2.05) is 37.4 Å². The second kappa shape index (κ2) is 7.40. The maximum absolute atomic E-state index is 12.5. The van der Waals surface area contributed by atoms with E-state index in [-0.39, 0.29) is 11.9 Å². The molecule has 0 spiro atoms. The van der Waals surface area contributed by atoms with Gasteiger partial charge in [0.25, 0.3) is 5.91 Å². The molecule has 6 heteroatoms. The second-order valence-corrected chi connectivity index (χ2v) is 6.28. The summed E-state index contributed by atoms with van der Waals surface area (Å²) in [5.74, 6) is 0.596. The number of imidazole rings is 1. The maximum atomic E-state index is 12.5. The maximum Gasteiger partial charge on any atom is 0.253 e. The summed E-state index contributed by atoms with van der Waals surface area (Å²) in [5.41, 5.74) is 1.62. The summed E-state index contributed by atoms with van der Waals surface area (Å²) in [6, 6.07) is 11.5. The predicted octanol–water partition coefficient (Wildman–Crippen LogP) is 3.91. The van der Waals surface area contributed by atoms with Gasteiger partial charge in [-0.15, -0.1) is 0 Å². The van der Waals surface area contributed by atoms with Crippen LogP contribution in [0.5, 0.6) is 0 Å². The Labute approximate surface area is 148 Å². The van der Waals surface area contributed by atoms with Crippen molar-refractivity contribution < 1.29 is 4.79 Å². The molecule has 0 radical (unpaired) electrons. The van der Waals surface area contributed by atoms with Crippen LogP contribution in [0.2, 0.25) is 0 Å². The molecular formula is C18H17BrN4O. The average molecular weight is 385 g/mol. The van der Waals surface area contributed by atoms with Crippen LogP contribution in [-0.4, -0.2) is 20.4 Å². The van der Waals surface area contributed by atoms with Crippen LogP contribution < -0.4 is 5.32 Å². The third-order valence-electron chi connectivity index (χ3n) is 3.76. The van der Waals surface area contributed by atoms with Gasteiger partial charge in [0.05, 0.1) is 11.6 Å². The molecular weight excluding hydrogens is 368 g/mol. The highest BCUT2D eigenvalue weighted by Gasteiger charge is 2.14. The van der Waals surface area contributed by atoms with Crippen molar-refractivity contribution in [1.29, 1.82) is 0 Å². The van der Waals surface area contributed by atoms with Gasteiger partial charge < -0.3 is 5.32 Å². The number of nitrogens with zero attached hydrogens (tertiary/aromatic N) is 3. The molecule has 0 fully saturated rings. The van der Waals surface area contributed by atoms with E-state index in [0.717, 1.165) is 22.3 Å². The van der Waals surface area contributed by atoms with Crippen molar-refractivity contribution in [3.63, 3.8) is 0 Å². The van der Waals surface area contributed by atoms with Gasteiger partial charge in [-0.2, -0.15) is 0 Å². The third-order valence-corrected chi connectivity index (χ3v) is 4.29. The normalized spacial score (nSPS) is 11.9. The zero-order chi connectivity index (χ0) is 16.9. The van der Waals surface area contributed by atoms with Crippen LogP contribution in [0.4, 0.5) is 0 Å². The lowest BCUT2D eigenvalue weighted by Gasteiger charge is -2.17. The van der Waals surface area contributed by atoms with Crippen molar-refractivity contribution in [1.82, 2.24) is 19.9 Å². The summed E-state index contributed by atoms with van der Waals surface area (Å²) in [5, 5.41) is 3.06. The Morgan fingerprint density at radius 2 is 2.04 bits per heavy atom. The fourth-order valence-electron chi connectivity index (χ4n) is 2.43. The lowest BCUT2D eigenvalue weighted by Crippen LogP contribution is -2.28. The van der Waals surface area contributed by atoms with Gasteiger partial charge in [-0.05, 0) is 36.2 Å². The van der Waals surface area contributed by atoms with E-state index in [9.17, 15) is 4.79 Å². The van der Waals surface area contributed by atoms with Crippen molar-refractivity contribution >= 4 is 21.8 Å². The van der Waals surface area contributed by atoms with Gasteiger partial charge in [0.2, 0.25) is 0 Å². The lowest BCUT2D eigenvalue weighted by molar-refractivity contribution is 0.0935. The van der Waals surface area contributed by atoms with Gasteiger partial charge in [-0.25, -0.2) is 9.97 Å². The molecule has 0 aliphatic carbocycles. The van der Waals surface area contributed by atoms with Crippen LogP contribution in [0.1, 0.15) is 35.3 Å². The number of benzene rings is 1. The molecule has 24 heavy (non-hydrogen) atoms. The van der Waals surface area contributed by atoms with Crippen molar-refractivity contribution in [2.24, 2.45) is 0 Å². The molecule has 122 valence electrons. The Morgan fingerprint density at radius 3 is 2.62 bits per heavy atom. The summed E-state index contributed by atoms with van der Waals surface area (Å²) in [7, 11) is 0. The number of carbonyl (C=O) groups is 1. The predicted molar refractivity (Wildman–Crippen MR) is 96.0 cm³/mol. The number of halogens is 1. The molecule has 1 unspecified atom stereocenters. The van der Waals surface area contributed by atoms with E-state index in [1.54, 1.807) is 35.4 Å². The Morgan fingerprint density at radius 1 is 1.25 bits per heavy atom. The highest BCUT2D eigenvalue weighted by Crippen LogP contribution is 2.20. The van der Waals surface area contributed by atoms with E-state index in [1.165, 1.54) is 0 Å². The number of amides is 1. The van der Waals surface area contributed by atoms with E-state index in [2.05, 4.69) is 31.2 Å². The van der Waals surface area contributed by atoms with Crippen molar-refractivity contribution in [2.75, 3.05) is 0 Å². The largest absolute Gasteiger partial charge is 0.345 e. The average Bonchev–Trinajstić information content (AvgIpc) is 3.15. The minimum absolute atomic E-state index is 0.0288. The smallest absolute Gasteiger partial charge is 0.253 e. The molecule has 5 nitrogen and oxygen atoms in total. The molecule has 0 bridgehead atoms. The van der Waals surface area contributed by atoms with Gasteiger partial charge >= 0.3 is 0 Å². The third kappa shape index (κ3) is 3.71. The van der Waals surface area contributed by atoms with Gasteiger partial charge in [0, 0.05) is 23.1 Å². The summed E-state index contributed by atoms with van der Waals surface area (Å²) < 4.78 is 2.81. The molecule has 0 aliphatic heterocycles. The number of carbonyl (C=O) groups excluding carboxylic acids is 1. The number of aromatic nitrogens is 3. The van der Waals surface area contributed by atoms with Gasteiger partial charge in [-0.3, -0.25) is 9.36 Å². The topological polar surface area (TPSA) is 59.8 Å². The first-order valence-corrected chi connectivity index (χ1v) is 8.47. The van der Waals surface area contributed by atoms with Crippen molar-refractivity contribution in [3.8, 4) is 5.82 Å². The summed E-state index contributed by atoms with van der Waals surface area (Å²) in [6.45, 7) is 2.05. The quantitative estimate of drug-likeness (QED) is 0.725. The zero-order valence-corrected chi connectivity index (χ0v) is 14.8. The number of hydrogen-bond donors (Lipinski definition) is 1. The summed E-state index contributed by atoms with van der Waals surface area (Å²) in [6.07, 6.45) is 7.56. The van der Waals surface area contributed by atoms with Crippen LogP contribution >= 0.6 is 15.9 Å². The fraction of sp³-hybridized carbons (Fsp3) is 0.167. The van der Waals surface area contributed by atoms with E-state index >= 15 is 0 Å². The highest BCUT2D eigenvalue weighted by molar-refractivity contribution is 9.10. The van der Waals surface area contributed by atoms with Gasteiger partial charge in [0.15, 0.2) is 0 Å². The monoisotopic (exact) mass is 384 g/mol. The van der Waals surface area contributed by atoms with Crippen LogP contribution in [0.3, 0.4) is 0 Å². The molecule has 2 heterocycles. The Bertz CT molecular complexity index is 798. The second-order valence-electron chi connectivity index (χ2n) is 5.36. The number of hydrogen-bond acceptors (Lipinski definition) is 3. The van der Waals surface area contributed by atoms with E-state index < -0.39 is 0 Å². The first kappa shape index (κ1) is 16.4. The molecule has 1 amide bonds. The summed E-state index contributed by atoms with van der Waals surface area (Å²) in [4.78, 5) is 20.8. The molecule has 0 aliphatic rings. The first-order valence-electron chi connectivity index (χ1n) is 7.68. The fourth-order valence-corrected chi connectivity index (χ4v) is 2.69. The Kier molecular flexibility index (Phi) is 5.05.